The Balaban J connectivity index is 3.47. The summed E-state index contributed by atoms with van der Waals surface area (Å²) in [5.41, 5.74) is 0. The fourth-order valence-electron chi connectivity index (χ4n) is 0.360. The highest BCUT2D eigenvalue weighted by Crippen LogP contribution is 1.94. The molecule has 0 saturated carbocycles. The molecule has 0 radical (unpaired) electrons. The van der Waals surface area contributed by atoms with E-state index in [1.54, 1.807) is 13.1 Å². The molecule has 0 aliphatic rings. The van der Waals surface area contributed by atoms with Crippen molar-refractivity contribution in [1.82, 2.24) is 0 Å². The van der Waals surface area contributed by atoms with Crippen LogP contribution >= 0.6 is 0 Å². The molecule has 0 aliphatic heterocycles. The highest BCUT2D eigenvalue weighted by molar-refractivity contribution is 5.53. The van der Waals surface area contributed by atoms with Crippen LogP contribution in [0.15, 0.2) is 4.99 Å². The maximum absolute atomic E-state index is 8.84. The average molecular weight is 115 g/mol. The summed E-state index contributed by atoms with van der Waals surface area (Å²) >= 11 is 0. The highest BCUT2D eigenvalue weighted by Gasteiger charge is 2.02. The minimum Gasteiger partial charge on any atom is -0.391 e. The molecule has 0 aromatic rings. The van der Waals surface area contributed by atoms with Crippen molar-refractivity contribution in [2.24, 2.45) is 4.99 Å². The van der Waals surface area contributed by atoms with Crippen molar-refractivity contribution in [3.63, 3.8) is 0 Å². The van der Waals surface area contributed by atoms with Crippen LogP contribution in [0.25, 0.3) is 0 Å². The van der Waals surface area contributed by atoms with Crippen molar-refractivity contribution in [3.05, 3.63) is 0 Å². The van der Waals surface area contributed by atoms with Crippen molar-refractivity contribution >= 4 is 6.21 Å². The van der Waals surface area contributed by atoms with E-state index in [1.807, 2.05) is 13.8 Å². The molecule has 0 rings (SSSR count). The van der Waals surface area contributed by atoms with Gasteiger partial charge in [-0.05, 0) is 27.0 Å². The van der Waals surface area contributed by atoms with Crippen molar-refractivity contribution in [1.29, 1.82) is 0 Å². The lowest BCUT2D eigenvalue weighted by atomic mass is 10.2. The van der Waals surface area contributed by atoms with Gasteiger partial charge in [0.1, 0.15) is 0 Å². The first-order valence-corrected chi connectivity index (χ1v) is 2.84. The third-order valence-electron chi connectivity index (χ3n) is 1.08. The summed E-state index contributed by atoms with van der Waals surface area (Å²) in [6, 6.07) is 0.0417. The first-order valence-electron chi connectivity index (χ1n) is 2.84. The average Bonchev–Trinajstić information content (AvgIpc) is 1.67. The number of aliphatic hydroxyl groups is 1. The Morgan fingerprint density at radius 1 is 1.50 bits per heavy atom. The van der Waals surface area contributed by atoms with Crippen LogP contribution in [-0.4, -0.2) is 23.5 Å². The quantitative estimate of drug-likeness (QED) is 0.531. The van der Waals surface area contributed by atoms with Crippen LogP contribution in [0.3, 0.4) is 0 Å². The largest absolute Gasteiger partial charge is 0.391 e. The molecule has 0 aromatic carbocycles. The minimum atomic E-state index is -0.328. The van der Waals surface area contributed by atoms with Gasteiger partial charge in [-0.25, -0.2) is 0 Å². The van der Waals surface area contributed by atoms with E-state index < -0.39 is 0 Å². The van der Waals surface area contributed by atoms with Gasteiger partial charge in [-0.1, -0.05) is 0 Å². The van der Waals surface area contributed by atoms with E-state index in [-0.39, 0.29) is 12.1 Å². The van der Waals surface area contributed by atoms with Crippen LogP contribution in [0, 0.1) is 0 Å². The van der Waals surface area contributed by atoms with Gasteiger partial charge >= 0.3 is 0 Å². The van der Waals surface area contributed by atoms with E-state index >= 15 is 0 Å². The molecule has 2 atom stereocenters. The molecule has 0 bridgehead atoms. The number of hydrogen-bond acceptors (Lipinski definition) is 2. The summed E-state index contributed by atoms with van der Waals surface area (Å²) in [6.07, 6.45) is 1.38. The lowest BCUT2D eigenvalue weighted by Gasteiger charge is -2.06. The fourth-order valence-corrected chi connectivity index (χ4v) is 0.360. The zero-order valence-corrected chi connectivity index (χ0v) is 5.63. The molecule has 0 aliphatic carbocycles. The van der Waals surface area contributed by atoms with Gasteiger partial charge in [-0.3, -0.25) is 4.99 Å². The van der Waals surface area contributed by atoms with Gasteiger partial charge < -0.3 is 5.11 Å². The molecule has 8 heavy (non-hydrogen) atoms. The molecule has 2 heteroatoms. The van der Waals surface area contributed by atoms with Crippen LogP contribution in [-0.2, 0) is 0 Å². The Morgan fingerprint density at radius 3 is 2.12 bits per heavy atom. The van der Waals surface area contributed by atoms with E-state index in [0.717, 1.165) is 0 Å². The zero-order chi connectivity index (χ0) is 6.57. The van der Waals surface area contributed by atoms with Gasteiger partial charge in [0.15, 0.2) is 0 Å². The van der Waals surface area contributed by atoms with Gasteiger partial charge in [-0.15, -0.1) is 0 Å². The van der Waals surface area contributed by atoms with Gasteiger partial charge in [0.25, 0.3) is 0 Å². The predicted molar refractivity (Wildman–Crippen MR) is 35.3 cm³/mol. The van der Waals surface area contributed by atoms with Crippen molar-refractivity contribution in [2.75, 3.05) is 0 Å². The standard InChI is InChI=1S/C6H13NO/c1-4-7-5(2)6(3)8/h4-6,8H,1-3H3. The lowest BCUT2D eigenvalue weighted by molar-refractivity contribution is 0.171. The SMILES string of the molecule is CC=NC(C)C(C)O. The third kappa shape index (κ3) is 2.75. The first-order chi connectivity index (χ1) is 3.68. The second-order valence-electron chi connectivity index (χ2n) is 1.89. The van der Waals surface area contributed by atoms with Crippen LogP contribution in [0.1, 0.15) is 20.8 Å². The van der Waals surface area contributed by atoms with E-state index in [0.29, 0.717) is 0 Å². The molecule has 0 fully saturated rings. The summed E-state index contributed by atoms with van der Waals surface area (Å²) in [7, 11) is 0. The summed E-state index contributed by atoms with van der Waals surface area (Å²) in [5.74, 6) is 0. The minimum absolute atomic E-state index is 0.0417. The molecule has 2 unspecified atom stereocenters. The van der Waals surface area contributed by atoms with E-state index in [1.165, 1.54) is 0 Å². The van der Waals surface area contributed by atoms with Crippen LogP contribution in [0.4, 0.5) is 0 Å². The maximum atomic E-state index is 8.84. The van der Waals surface area contributed by atoms with Crippen LogP contribution < -0.4 is 0 Å². The summed E-state index contributed by atoms with van der Waals surface area (Å²) in [6.45, 7) is 5.46. The van der Waals surface area contributed by atoms with Gasteiger partial charge in [0, 0.05) is 0 Å². The molecule has 0 saturated heterocycles. The van der Waals surface area contributed by atoms with E-state index in [9.17, 15) is 0 Å². The summed E-state index contributed by atoms with van der Waals surface area (Å²) in [4.78, 5) is 3.95. The van der Waals surface area contributed by atoms with Crippen LogP contribution in [0.5, 0.6) is 0 Å². The molecule has 0 spiro atoms. The number of nitrogens with zero attached hydrogens (tertiary/aromatic N) is 1. The Kier molecular flexibility index (Phi) is 3.44. The molecule has 2 nitrogen and oxygen atoms in total. The summed E-state index contributed by atoms with van der Waals surface area (Å²) < 4.78 is 0. The fraction of sp³-hybridized carbons (Fsp3) is 0.833. The molecule has 0 aromatic heterocycles. The van der Waals surface area contributed by atoms with Crippen molar-refractivity contribution < 1.29 is 5.11 Å². The predicted octanol–water partition coefficient (Wildman–Crippen LogP) is 0.846. The Bertz CT molecular complexity index is 78.6. The molecule has 0 amide bonds. The topological polar surface area (TPSA) is 32.6 Å². The normalized spacial score (nSPS) is 19.0. The van der Waals surface area contributed by atoms with Crippen molar-refractivity contribution in [3.8, 4) is 0 Å². The highest BCUT2D eigenvalue weighted by atomic mass is 16.3. The molecule has 0 heterocycles. The Labute approximate surface area is 50.3 Å². The van der Waals surface area contributed by atoms with Gasteiger partial charge in [-0.2, -0.15) is 0 Å². The van der Waals surface area contributed by atoms with Gasteiger partial charge in [0.2, 0.25) is 0 Å². The maximum Gasteiger partial charge on any atom is 0.0732 e. The number of aliphatic imine (C=N–C) groups is 1. The Hall–Kier alpha value is -0.370. The first kappa shape index (κ1) is 7.63. The van der Waals surface area contributed by atoms with Crippen molar-refractivity contribution in [2.45, 2.75) is 32.9 Å². The summed E-state index contributed by atoms with van der Waals surface area (Å²) in [5, 5.41) is 8.84. The molecule has 48 valence electrons. The second kappa shape index (κ2) is 3.61. The molecular formula is C6H13NO. The zero-order valence-electron chi connectivity index (χ0n) is 5.63. The smallest absolute Gasteiger partial charge is 0.0732 e. The second-order valence-corrected chi connectivity index (χ2v) is 1.89. The van der Waals surface area contributed by atoms with E-state index in [4.69, 9.17) is 5.11 Å². The number of aliphatic hydroxyl groups excluding tert-OH is 1. The van der Waals surface area contributed by atoms with E-state index in [2.05, 4.69) is 4.99 Å². The number of rotatable bonds is 2. The van der Waals surface area contributed by atoms with Gasteiger partial charge in [0.05, 0.1) is 12.1 Å². The third-order valence-corrected chi connectivity index (χ3v) is 1.08. The number of hydrogen-bond donors (Lipinski definition) is 1. The monoisotopic (exact) mass is 115 g/mol. The molecule has 1 N–H and O–H groups in total. The molecular weight excluding hydrogens is 102 g/mol. The van der Waals surface area contributed by atoms with Crippen LogP contribution in [0.2, 0.25) is 0 Å². The lowest BCUT2D eigenvalue weighted by Crippen LogP contribution is -2.16. The Morgan fingerprint density at radius 2 is 2.00 bits per heavy atom.